The molecule has 0 atom stereocenters. The number of anilines is 1. The van der Waals surface area contributed by atoms with Crippen molar-refractivity contribution in [3.63, 3.8) is 0 Å². The Morgan fingerprint density at radius 1 is 1.19 bits per heavy atom. The molecule has 1 saturated heterocycles. The summed E-state index contributed by atoms with van der Waals surface area (Å²) in [5.74, 6) is 1.76. The lowest BCUT2D eigenvalue weighted by molar-refractivity contribution is -0.120. The second-order valence-electron chi connectivity index (χ2n) is 7.22. The molecule has 2 heterocycles. The third-order valence-electron chi connectivity index (χ3n) is 5.14. The lowest BCUT2D eigenvalue weighted by Crippen LogP contribution is -2.47. The van der Waals surface area contributed by atoms with E-state index in [2.05, 4.69) is 71.0 Å². The molecule has 2 aromatic rings. The maximum absolute atomic E-state index is 11.6. The highest BCUT2D eigenvalue weighted by molar-refractivity contribution is 14.0. The number of hydrogen-bond donors (Lipinski definition) is 3. The number of aliphatic imine (C=N–C) groups is 1. The number of piperazine rings is 1. The van der Waals surface area contributed by atoms with Crippen molar-refractivity contribution in [3.8, 4) is 0 Å². The Kier molecular flexibility index (Phi) is 10.1. The third kappa shape index (κ3) is 6.84. The van der Waals surface area contributed by atoms with E-state index in [1.165, 1.54) is 0 Å². The molecule has 0 unspecified atom stereocenters. The van der Waals surface area contributed by atoms with Gasteiger partial charge in [0.2, 0.25) is 5.91 Å². The highest BCUT2D eigenvalue weighted by Gasteiger charge is 2.16. The van der Waals surface area contributed by atoms with Gasteiger partial charge in [-0.2, -0.15) is 0 Å². The number of rotatable bonds is 8. The summed E-state index contributed by atoms with van der Waals surface area (Å²) in [6.07, 6.45) is 1.67. The summed E-state index contributed by atoms with van der Waals surface area (Å²) in [5, 5.41) is 13.7. The molecule has 170 valence electrons. The second-order valence-corrected chi connectivity index (χ2v) is 7.22. The molecule has 1 aromatic carbocycles. The van der Waals surface area contributed by atoms with Crippen LogP contribution in [0.15, 0.2) is 33.8 Å². The van der Waals surface area contributed by atoms with E-state index in [4.69, 9.17) is 9.52 Å². The maximum atomic E-state index is 11.6. The number of aryl methyl sites for hydroxylation is 2. The van der Waals surface area contributed by atoms with Gasteiger partial charge in [0.25, 0.3) is 0 Å². The lowest BCUT2D eigenvalue weighted by atomic mass is 10.1. The van der Waals surface area contributed by atoms with E-state index in [1.807, 2.05) is 0 Å². The molecule has 0 spiro atoms. The van der Waals surface area contributed by atoms with Gasteiger partial charge < -0.3 is 25.4 Å². The zero-order valence-electron chi connectivity index (χ0n) is 18.5. The molecular formula is C22H33IN6O2. The zero-order chi connectivity index (χ0) is 21.3. The molecule has 1 amide bonds. The molecule has 8 nitrogen and oxygen atoms in total. The van der Waals surface area contributed by atoms with Crippen LogP contribution in [0.4, 0.5) is 5.69 Å². The number of hydrogen-bond acceptors (Lipinski definition) is 5. The van der Waals surface area contributed by atoms with Crippen molar-refractivity contribution in [2.75, 3.05) is 31.1 Å². The van der Waals surface area contributed by atoms with E-state index in [1.54, 1.807) is 0 Å². The first-order valence-corrected chi connectivity index (χ1v) is 10.7. The Balaban J connectivity index is 0.00000341. The summed E-state index contributed by atoms with van der Waals surface area (Å²) in [5.41, 5.74) is 4.30. The average Bonchev–Trinajstić information content (AvgIpc) is 3.18. The molecule has 31 heavy (non-hydrogen) atoms. The number of halogens is 1. The van der Waals surface area contributed by atoms with Gasteiger partial charge in [-0.25, -0.2) is 4.99 Å². The van der Waals surface area contributed by atoms with Crippen molar-refractivity contribution in [2.45, 2.75) is 46.7 Å². The molecule has 0 bridgehead atoms. The first-order valence-electron chi connectivity index (χ1n) is 10.7. The third-order valence-corrected chi connectivity index (χ3v) is 5.14. The maximum Gasteiger partial charge on any atom is 0.239 e. The van der Waals surface area contributed by atoms with Gasteiger partial charge in [-0.1, -0.05) is 31.1 Å². The largest absolute Gasteiger partial charge is 0.361 e. The van der Waals surface area contributed by atoms with Gasteiger partial charge >= 0.3 is 0 Å². The molecule has 3 N–H and O–H groups in total. The topological polar surface area (TPSA) is 94.8 Å². The molecule has 9 heteroatoms. The number of nitrogens with one attached hydrogen (secondary N) is 3. The van der Waals surface area contributed by atoms with Gasteiger partial charge in [-0.05, 0) is 31.0 Å². The van der Waals surface area contributed by atoms with Crippen LogP contribution in [0.25, 0.3) is 0 Å². The lowest BCUT2D eigenvalue weighted by Gasteiger charge is -2.28. The Bertz CT molecular complexity index is 844. The summed E-state index contributed by atoms with van der Waals surface area (Å²) in [6.45, 7) is 10.1. The predicted molar refractivity (Wildman–Crippen MR) is 134 cm³/mol. The fraction of sp³-hybridized carbons (Fsp3) is 0.500. The molecule has 0 radical (unpaired) electrons. The monoisotopic (exact) mass is 540 g/mol. The number of benzene rings is 1. The number of nitrogens with zero attached hydrogens (tertiary/aromatic N) is 3. The van der Waals surface area contributed by atoms with Gasteiger partial charge in [0.1, 0.15) is 5.76 Å². The molecule has 1 aromatic heterocycles. The van der Waals surface area contributed by atoms with Crippen LogP contribution in [0.3, 0.4) is 0 Å². The summed E-state index contributed by atoms with van der Waals surface area (Å²) < 4.78 is 5.45. The van der Waals surface area contributed by atoms with E-state index < -0.39 is 0 Å². The van der Waals surface area contributed by atoms with Gasteiger partial charge in [-0.15, -0.1) is 24.0 Å². The Morgan fingerprint density at radius 3 is 2.61 bits per heavy atom. The van der Waals surface area contributed by atoms with Gasteiger partial charge in [0.05, 0.1) is 18.8 Å². The number of carbonyl (C=O) groups excluding carboxylic acids is 1. The number of amides is 1. The van der Waals surface area contributed by atoms with Crippen molar-refractivity contribution < 1.29 is 9.32 Å². The molecule has 1 aliphatic rings. The minimum Gasteiger partial charge on any atom is -0.361 e. The van der Waals surface area contributed by atoms with Crippen LogP contribution in [0, 0.1) is 0 Å². The van der Waals surface area contributed by atoms with Crippen molar-refractivity contribution in [1.29, 1.82) is 0 Å². The molecule has 0 saturated carbocycles. The molecule has 1 fully saturated rings. The van der Waals surface area contributed by atoms with Crippen molar-refractivity contribution in [1.82, 2.24) is 21.1 Å². The minimum absolute atomic E-state index is 0. The summed E-state index contributed by atoms with van der Waals surface area (Å²) in [6, 6.07) is 8.25. The van der Waals surface area contributed by atoms with Crippen LogP contribution in [0.5, 0.6) is 0 Å². The van der Waals surface area contributed by atoms with Crippen molar-refractivity contribution in [3.05, 3.63) is 46.8 Å². The van der Waals surface area contributed by atoms with Gasteiger partial charge in [0, 0.05) is 43.9 Å². The average molecular weight is 540 g/mol. The predicted octanol–water partition coefficient (Wildman–Crippen LogP) is 2.61. The van der Waals surface area contributed by atoms with E-state index in [0.717, 1.165) is 60.2 Å². The molecule has 0 aliphatic carbocycles. The minimum atomic E-state index is 0. The van der Waals surface area contributed by atoms with Crippen molar-refractivity contribution in [2.24, 2.45) is 4.99 Å². The van der Waals surface area contributed by atoms with Gasteiger partial charge in [0.15, 0.2) is 5.96 Å². The van der Waals surface area contributed by atoms with Crippen molar-refractivity contribution >= 4 is 41.5 Å². The molecular weight excluding hydrogens is 507 g/mol. The van der Waals surface area contributed by atoms with Crippen LogP contribution in [0.1, 0.15) is 43.4 Å². The highest BCUT2D eigenvalue weighted by atomic mass is 127. The fourth-order valence-corrected chi connectivity index (χ4v) is 3.49. The number of guanidine groups is 1. The van der Waals surface area contributed by atoms with Crippen LogP contribution in [0.2, 0.25) is 0 Å². The van der Waals surface area contributed by atoms with Crippen LogP contribution < -0.4 is 20.9 Å². The smallest absolute Gasteiger partial charge is 0.239 e. The van der Waals surface area contributed by atoms with Crippen LogP contribution in [-0.4, -0.2) is 43.2 Å². The van der Waals surface area contributed by atoms with Crippen LogP contribution in [-0.2, 0) is 30.7 Å². The van der Waals surface area contributed by atoms with E-state index in [0.29, 0.717) is 26.2 Å². The van der Waals surface area contributed by atoms with E-state index in [9.17, 15) is 4.79 Å². The molecule has 1 aliphatic heterocycles. The first kappa shape index (κ1) is 25.0. The summed E-state index contributed by atoms with van der Waals surface area (Å²) in [7, 11) is 0. The van der Waals surface area contributed by atoms with E-state index >= 15 is 0 Å². The van der Waals surface area contributed by atoms with Crippen LogP contribution >= 0.6 is 24.0 Å². The zero-order valence-corrected chi connectivity index (χ0v) is 20.9. The SMILES string of the molecule is CCNC(=NCc1ccc(N2CCNC(=O)C2)cc1)NCc1c(CC)noc1CC.I. The second kappa shape index (κ2) is 12.5. The Hall–Kier alpha value is -2.30. The standard InChI is InChI=1S/C22H32N6O2.HI/c1-4-19-18(20(5-2)30-27-19)14-26-22(23-6-3)25-13-16-7-9-17(10-8-16)28-12-11-24-21(29)15-28;/h7-10H,4-6,11-15H2,1-3H3,(H,24,29)(H2,23,25,26);1H. The summed E-state index contributed by atoms with van der Waals surface area (Å²) >= 11 is 0. The first-order chi connectivity index (χ1) is 14.6. The normalized spacial score (nSPS) is 14.1. The quantitative estimate of drug-likeness (QED) is 0.271. The Morgan fingerprint density at radius 2 is 1.97 bits per heavy atom. The number of carbonyl (C=O) groups is 1. The Labute approximate surface area is 201 Å². The fourth-order valence-electron chi connectivity index (χ4n) is 3.49. The summed E-state index contributed by atoms with van der Waals surface area (Å²) in [4.78, 5) is 18.4. The molecule has 3 rings (SSSR count). The highest BCUT2D eigenvalue weighted by Crippen LogP contribution is 2.17. The van der Waals surface area contributed by atoms with Gasteiger partial charge in [-0.3, -0.25) is 4.79 Å². The van der Waals surface area contributed by atoms with E-state index in [-0.39, 0.29) is 29.9 Å². The number of aromatic nitrogens is 1.